The van der Waals surface area contributed by atoms with Crippen molar-refractivity contribution >= 4 is 13.2 Å². The molecule has 0 heterocycles. The van der Waals surface area contributed by atoms with Gasteiger partial charge in [-0.3, -0.25) is 4.79 Å². The lowest BCUT2D eigenvalue weighted by molar-refractivity contribution is -0.118. The van der Waals surface area contributed by atoms with Crippen LogP contribution in [0.3, 0.4) is 0 Å². The van der Waals surface area contributed by atoms with E-state index in [-0.39, 0.29) is 5.91 Å². The van der Waals surface area contributed by atoms with Gasteiger partial charge >= 0.3 is 0 Å². The van der Waals surface area contributed by atoms with Crippen molar-refractivity contribution < 1.29 is 9.53 Å². The molecule has 81 valence electrons. The van der Waals surface area contributed by atoms with Crippen molar-refractivity contribution in [3.63, 3.8) is 0 Å². The maximum Gasteiger partial charge on any atom is 0.212 e. The molecule has 0 rings (SSSR count). The summed E-state index contributed by atoms with van der Waals surface area (Å²) in [5, 5.41) is 2.85. The molecule has 0 saturated heterocycles. The van der Waals surface area contributed by atoms with Crippen LogP contribution in [0.5, 0.6) is 0 Å². The van der Waals surface area contributed by atoms with Gasteiger partial charge < -0.3 is 10.1 Å². The molecule has 0 atom stereocenters. The number of amides is 1. The zero-order valence-electron chi connectivity index (χ0n) is 9.51. The van der Waals surface area contributed by atoms with Crippen LogP contribution in [-0.2, 0) is 9.53 Å². The average Bonchev–Trinajstić information content (AvgIpc) is 2.11. The first kappa shape index (κ1) is 13.5. The number of ether oxygens (including phenoxy) is 1. The van der Waals surface area contributed by atoms with Crippen LogP contribution in [0.25, 0.3) is 0 Å². The second-order valence-electron chi connectivity index (χ2n) is 3.59. The minimum Gasteiger partial charge on any atom is -0.379 e. The van der Waals surface area contributed by atoms with Gasteiger partial charge in [0.1, 0.15) is 7.28 Å². The first-order chi connectivity index (χ1) is 6.66. The van der Waals surface area contributed by atoms with Crippen molar-refractivity contribution in [3.8, 4) is 0 Å². The Balaban J connectivity index is 3.09. The molecule has 0 aromatic heterocycles. The van der Waals surface area contributed by atoms with E-state index in [0.717, 1.165) is 26.0 Å². The van der Waals surface area contributed by atoms with Crippen LogP contribution in [0.15, 0.2) is 0 Å². The Bertz CT molecular complexity index is 151. The maximum absolute atomic E-state index is 11.0. The number of rotatable bonds is 8. The fraction of sp³-hybridized carbons (Fsp3) is 0.900. The summed E-state index contributed by atoms with van der Waals surface area (Å²) >= 11 is 0. The van der Waals surface area contributed by atoms with E-state index in [1.165, 1.54) is 0 Å². The largest absolute Gasteiger partial charge is 0.379 e. The summed E-state index contributed by atoms with van der Waals surface area (Å²) < 4.78 is 5.38. The molecule has 0 fully saturated rings. The average molecular weight is 198 g/mol. The molecule has 0 bridgehead atoms. The first-order valence-corrected chi connectivity index (χ1v) is 5.33. The molecule has 14 heavy (non-hydrogen) atoms. The van der Waals surface area contributed by atoms with E-state index >= 15 is 0 Å². The number of nitrogens with one attached hydrogen (secondary N) is 1. The van der Waals surface area contributed by atoms with Gasteiger partial charge in [0.15, 0.2) is 0 Å². The van der Waals surface area contributed by atoms with E-state index in [2.05, 4.69) is 5.32 Å². The molecule has 0 spiro atoms. The Labute approximate surface area is 87.8 Å². The molecule has 0 aromatic carbocycles. The Morgan fingerprint density at radius 2 is 2.14 bits per heavy atom. The van der Waals surface area contributed by atoms with Crippen LogP contribution in [0.4, 0.5) is 0 Å². The van der Waals surface area contributed by atoms with Crippen LogP contribution in [0, 0.1) is 0 Å². The molecule has 0 aromatic rings. The van der Waals surface area contributed by atoms with Crippen molar-refractivity contribution in [1.29, 1.82) is 0 Å². The maximum atomic E-state index is 11.0. The molecule has 0 aliphatic carbocycles. The fourth-order valence-electron chi connectivity index (χ4n) is 1.03. The Kier molecular flexibility index (Phi) is 8.74. The standard InChI is InChI=1S/C10H21BNO2/c1-9(2)14-7-5-4-6-12-10(13)8-11-3/h9H,4-8H2,1-3H3,(H,12,13). The van der Waals surface area contributed by atoms with E-state index in [4.69, 9.17) is 4.74 Å². The Morgan fingerprint density at radius 3 is 2.71 bits per heavy atom. The summed E-state index contributed by atoms with van der Waals surface area (Å²) in [6, 6.07) is 0. The topological polar surface area (TPSA) is 38.3 Å². The lowest BCUT2D eigenvalue weighted by atomic mass is 9.78. The third-order valence-corrected chi connectivity index (χ3v) is 1.73. The van der Waals surface area contributed by atoms with Crippen LogP contribution in [0.2, 0.25) is 13.1 Å². The highest BCUT2D eigenvalue weighted by atomic mass is 16.5. The van der Waals surface area contributed by atoms with E-state index in [9.17, 15) is 4.79 Å². The van der Waals surface area contributed by atoms with Gasteiger partial charge in [0.2, 0.25) is 5.91 Å². The quantitative estimate of drug-likeness (QED) is 0.473. The summed E-state index contributed by atoms with van der Waals surface area (Å²) in [5.41, 5.74) is 0. The van der Waals surface area contributed by atoms with E-state index in [0.29, 0.717) is 12.4 Å². The van der Waals surface area contributed by atoms with Crippen LogP contribution < -0.4 is 5.32 Å². The number of carbonyl (C=O) groups is 1. The number of hydrogen-bond donors (Lipinski definition) is 1. The van der Waals surface area contributed by atoms with Gasteiger partial charge in [-0.15, -0.1) is 0 Å². The smallest absolute Gasteiger partial charge is 0.212 e. The monoisotopic (exact) mass is 198 g/mol. The predicted octanol–water partition coefficient (Wildman–Crippen LogP) is 1.48. The van der Waals surface area contributed by atoms with Crippen LogP contribution in [-0.4, -0.2) is 32.4 Å². The highest BCUT2D eigenvalue weighted by Crippen LogP contribution is 1.93. The Morgan fingerprint density at radius 1 is 1.43 bits per heavy atom. The van der Waals surface area contributed by atoms with E-state index < -0.39 is 0 Å². The minimum atomic E-state index is 0.109. The zero-order valence-corrected chi connectivity index (χ0v) is 9.51. The minimum absolute atomic E-state index is 0.109. The van der Waals surface area contributed by atoms with Gasteiger partial charge in [-0.1, -0.05) is 6.82 Å². The third-order valence-electron chi connectivity index (χ3n) is 1.73. The second kappa shape index (κ2) is 9.07. The summed E-state index contributed by atoms with van der Waals surface area (Å²) in [4.78, 5) is 11.0. The molecule has 0 saturated carbocycles. The Hall–Kier alpha value is -0.505. The van der Waals surface area contributed by atoms with Gasteiger partial charge in [0.05, 0.1) is 6.10 Å². The number of carbonyl (C=O) groups excluding carboxylic acids is 1. The SMILES string of the molecule is C[B]CC(=O)NCCCCOC(C)C. The van der Waals surface area contributed by atoms with Crippen LogP contribution in [0.1, 0.15) is 26.7 Å². The summed E-state index contributed by atoms with van der Waals surface area (Å²) in [6.07, 6.45) is 2.82. The lowest BCUT2D eigenvalue weighted by Crippen LogP contribution is -2.24. The summed E-state index contributed by atoms with van der Waals surface area (Å²) in [5.74, 6) is 0.109. The fourth-order valence-corrected chi connectivity index (χ4v) is 1.03. The molecule has 0 unspecified atom stereocenters. The molecule has 3 nitrogen and oxygen atoms in total. The summed E-state index contributed by atoms with van der Waals surface area (Å²) in [6.45, 7) is 7.48. The third kappa shape index (κ3) is 9.58. The highest BCUT2D eigenvalue weighted by Gasteiger charge is 1.98. The predicted molar refractivity (Wildman–Crippen MR) is 59.8 cm³/mol. The van der Waals surface area contributed by atoms with Crippen molar-refractivity contribution in [3.05, 3.63) is 0 Å². The summed E-state index contributed by atoms with van der Waals surface area (Å²) in [7, 11) is 1.86. The number of unbranched alkanes of at least 4 members (excludes halogenated alkanes) is 1. The van der Waals surface area contributed by atoms with Gasteiger partial charge in [-0.25, -0.2) is 0 Å². The molecule has 4 heteroatoms. The van der Waals surface area contributed by atoms with Crippen molar-refractivity contribution in [2.24, 2.45) is 0 Å². The van der Waals surface area contributed by atoms with Crippen molar-refractivity contribution in [2.45, 2.75) is 45.9 Å². The van der Waals surface area contributed by atoms with Gasteiger partial charge in [0, 0.05) is 13.2 Å². The van der Waals surface area contributed by atoms with Crippen molar-refractivity contribution in [1.82, 2.24) is 5.32 Å². The lowest BCUT2D eigenvalue weighted by Gasteiger charge is -2.07. The highest BCUT2D eigenvalue weighted by molar-refractivity contribution is 6.39. The van der Waals surface area contributed by atoms with Crippen molar-refractivity contribution in [2.75, 3.05) is 13.2 Å². The van der Waals surface area contributed by atoms with Crippen LogP contribution >= 0.6 is 0 Å². The first-order valence-electron chi connectivity index (χ1n) is 5.33. The molecular weight excluding hydrogens is 177 g/mol. The molecular formula is C10H21BNO2. The second-order valence-corrected chi connectivity index (χ2v) is 3.59. The van der Waals surface area contributed by atoms with E-state index in [1.807, 2.05) is 28.0 Å². The molecule has 0 aliphatic heterocycles. The van der Waals surface area contributed by atoms with Gasteiger partial charge in [0.25, 0.3) is 0 Å². The molecule has 1 amide bonds. The van der Waals surface area contributed by atoms with Gasteiger partial charge in [-0.2, -0.15) is 0 Å². The number of hydrogen-bond acceptors (Lipinski definition) is 2. The molecule has 1 N–H and O–H groups in total. The van der Waals surface area contributed by atoms with E-state index in [1.54, 1.807) is 0 Å². The normalized spacial score (nSPS) is 10.3. The zero-order chi connectivity index (χ0) is 10.8. The van der Waals surface area contributed by atoms with Gasteiger partial charge in [-0.05, 0) is 33.0 Å². The molecule has 1 radical (unpaired) electrons. The molecule has 0 aliphatic rings.